The van der Waals surface area contributed by atoms with Crippen LogP contribution in [0, 0.1) is 29.6 Å². The van der Waals surface area contributed by atoms with Gasteiger partial charge in [-0.3, -0.25) is 0 Å². The summed E-state index contributed by atoms with van der Waals surface area (Å²) < 4.78 is 18.6. The van der Waals surface area contributed by atoms with Crippen molar-refractivity contribution < 1.29 is 39.4 Å². The van der Waals surface area contributed by atoms with Gasteiger partial charge < -0.3 is 34.6 Å². The second kappa shape index (κ2) is 11.3. The van der Waals surface area contributed by atoms with Gasteiger partial charge in [-0.2, -0.15) is 0 Å². The van der Waals surface area contributed by atoms with Gasteiger partial charge in [0.25, 0.3) is 0 Å². The molecule has 5 aliphatic rings. The Morgan fingerprint density at radius 2 is 1.97 bits per heavy atom. The van der Waals surface area contributed by atoms with Crippen LogP contribution in [0.2, 0.25) is 0 Å². The van der Waals surface area contributed by atoms with Gasteiger partial charge in [0.2, 0.25) is 0 Å². The standard InChI is InChI=1S/C30H48N2O6/c1-17-15-18(2)30-21(16-23(36-5)29(35)37-27(17)20(4)33)9-10-22-24(30)26(34)19(3)25(28(22)38-30)31-11-14-32-12-7-6-8-13-32/h9-10,15,17,19-28,31,33-34H,6-8,11-14,16H2,1-5H3/p+2/b18-15+/t17-,19?,20-,21-,22-,23+,24+,25+,26-,27+,28-,30+/m1/s1. The summed E-state index contributed by atoms with van der Waals surface area (Å²) in [5, 5.41) is 24.8. The lowest BCUT2D eigenvalue weighted by atomic mass is 9.57. The Morgan fingerprint density at radius 3 is 2.66 bits per heavy atom. The van der Waals surface area contributed by atoms with E-state index >= 15 is 0 Å². The van der Waals surface area contributed by atoms with Crippen molar-refractivity contribution in [3.8, 4) is 0 Å². The molecule has 1 saturated carbocycles. The third-order valence-electron chi connectivity index (χ3n) is 10.5. The maximum Gasteiger partial charge on any atom is 0.335 e. The summed E-state index contributed by atoms with van der Waals surface area (Å²) in [6, 6.07) is 0.173. The number of quaternary nitrogens is 2. The first-order valence-corrected chi connectivity index (χ1v) is 15.0. The molecule has 5 rings (SSSR count). The first-order chi connectivity index (χ1) is 18.2. The predicted molar refractivity (Wildman–Crippen MR) is 142 cm³/mol. The normalized spacial score (nSPS) is 47.6. The van der Waals surface area contributed by atoms with Crippen LogP contribution < -0.4 is 10.2 Å². The van der Waals surface area contributed by atoms with Crippen LogP contribution in [-0.2, 0) is 19.0 Å². The lowest BCUT2D eigenvalue weighted by Gasteiger charge is -2.48. The molecule has 8 nitrogen and oxygen atoms in total. The Bertz CT molecular complexity index is 916. The van der Waals surface area contributed by atoms with E-state index < -0.39 is 36.0 Å². The van der Waals surface area contributed by atoms with E-state index in [1.54, 1.807) is 11.8 Å². The van der Waals surface area contributed by atoms with Crippen molar-refractivity contribution in [3.63, 3.8) is 0 Å². The van der Waals surface area contributed by atoms with Crippen LogP contribution in [0.5, 0.6) is 0 Å². The predicted octanol–water partition coefficient (Wildman–Crippen LogP) is -0.152. The van der Waals surface area contributed by atoms with Crippen LogP contribution >= 0.6 is 0 Å². The van der Waals surface area contributed by atoms with Crippen molar-refractivity contribution in [2.24, 2.45) is 29.6 Å². The fourth-order valence-electron chi connectivity index (χ4n) is 8.54. The second-order valence-corrected chi connectivity index (χ2v) is 12.8. The number of ether oxygens (including phenoxy) is 3. The number of carbonyl (C=O) groups excluding carboxylic acids is 1. The average molecular weight is 535 g/mol. The van der Waals surface area contributed by atoms with E-state index in [0.29, 0.717) is 6.42 Å². The van der Waals surface area contributed by atoms with E-state index in [1.807, 2.05) is 6.92 Å². The second-order valence-electron chi connectivity index (χ2n) is 12.8. The van der Waals surface area contributed by atoms with Crippen molar-refractivity contribution in [1.82, 2.24) is 0 Å². The number of nitrogens with two attached hydrogens (primary N) is 1. The molecule has 38 heavy (non-hydrogen) atoms. The van der Waals surface area contributed by atoms with Gasteiger partial charge in [0.05, 0.1) is 25.3 Å². The number of cyclic esters (lactones) is 1. The molecular formula is C30H50N2O6+2. The maximum absolute atomic E-state index is 13.1. The van der Waals surface area contributed by atoms with Crippen LogP contribution in [0.25, 0.3) is 0 Å². The van der Waals surface area contributed by atoms with Gasteiger partial charge in [0, 0.05) is 36.7 Å². The van der Waals surface area contributed by atoms with Crippen molar-refractivity contribution >= 4 is 5.97 Å². The summed E-state index contributed by atoms with van der Waals surface area (Å²) in [6.45, 7) is 12.6. The molecule has 0 aromatic rings. The Morgan fingerprint density at radius 1 is 1.24 bits per heavy atom. The third-order valence-corrected chi connectivity index (χ3v) is 10.5. The zero-order valence-corrected chi connectivity index (χ0v) is 23.8. The van der Waals surface area contributed by atoms with E-state index in [2.05, 4.69) is 37.4 Å². The molecule has 0 radical (unpaired) electrons. The minimum Gasteiger partial charge on any atom is -0.457 e. The number of rotatable bonds is 6. The number of esters is 1. The number of likely N-dealkylation sites (tertiary alicyclic amines) is 1. The van der Waals surface area contributed by atoms with E-state index in [-0.39, 0.29) is 41.7 Å². The van der Waals surface area contributed by atoms with E-state index in [0.717, 1.165) is 18.7 Å². The summed E-state index contributed by atoms with van der Waals surface area (Å²) in [7, 11) is 1.53. The van der Waals surface area contributed by atoms with Gasteiger partial charge in [0.1, 0.15) is 36.9 Å². The maximum atomic E-state index is 13.1. The summed E-state index contributed by atoms with van der Waals surface area (Å²) in [5.41, 5.74) is 0.338. The summed E-state index contributed by atoms with van der Waals surface area (Å²) in [5.74, 6) is -0.665. The molecule has 0 aromatic heterocycles. The molecule has 3 heterocycles. The molecule has 3 fully saturated rings. The number of methoxy groups -OCH3 is 1. The summed E-state index contributed by atoms with van der Waals surface area (Å²) in [4.78, 5) is 14.8. The number of hydrogen-bond acceptors (Lipinski definition) is 6. The highest BCUT2D eigenvalue weighted by molar-refractivity contribution is 5.75. The van der Waals surface area contributed by atoms with Gasteiger partial charge in [-0.05, 0) is 45.1 Å². The number of piperidine rings is 1. The van der Waals surface area contributed by atoms with E-state index in [4.69, 9.17) is 14.2 Å². The van der Waals surface area contributed by atoms with Gasteiger partial charge in [-0.15, -0.1) is 0 Å². The largest absolute Gasteiger partial charge is 0.457 e. The van der Waals surface area contributed by atoms with E-state index in [1.165, 1.54) is 39.5 Å². The molecular weight excluding hydrogens is 484 g/mol. The number of hydrogen-bond donors (Lipinski definition) is 4. The quantitative estimate of drug-likeness (QED) is 0.279. The van der Waals surface area contributed by atoms with Crippen molar-refractivity contribution in [2.45, 2.75) is 95.5 Å². The molecule has 4 bridgehead atoms. The zero-order valence-electron chi connectivity index (χ0n) is 23.8. The highest BCUT2D eigenvalue weighted by Crippen LogP contribution is 2.60. The SMILES string of the molecule is CO[C@H]1C[C@H]2C=C[C@H]3[C@H]4O[C@]2(/C(C)=C/[C@@H](C)[C@@H]([C@@H](C)O)OC1=O)[C@@H]3[C@H](O)C(C)[C@@H]4[NH2+]CC[NH+]1CCCCC1. The van der Waals surface area contributed by atoms with Crippen LogP contribution in [-0.4, -0.2) is 91.6 Å². The van der Waals surface area contributed by atoms with E-state index in [9.17, 15) is 15.0 Å². The zero-order chi connectivity index (χ0) is 27.2. The van der Waals surface area contributed by atoms with Gasteiger partial charge in [-0.1, -0.05) is 32.1 Å². The molecule has 3 aliphatic heterocycles. The fraction of sp³-hybridized carbons (Fsp3) is 0.833. The molecule has 12 atom stereocenters. The monoisotopic (exact) mass is 534 g/mol. The lowest BCUT2D eigenvalue weighted by molar-refractivity contribution is -0.919. The number of nitrogens with one attached hydrogen (secondary N) is 1. The summed E-state index contributed by atoms with van der Waals surface area (Å²) >= 11 is 0. The molecule has 0 aromatic carbocycles. The molecule has 1 unspecified atom stereocenters. The van der Waals surface area contributed by atoms with Gasteiger partial charge >= 0.3 is 5.97 Å². The van der Waals surface area contributed by atoms with Crippen LogP contribution in [0.3, 0.4) is 0 Å². The highest BCUT2D eigenvalue weighted by Gasteiger charge is 2.69. The Labute approximate surface area is 227 Å². The topological polar surface area (TPSA) is 106 Å². The third kappa shape index (κ3) is 4.79. The number of carbonyl (C=O) groups is 1. The van der Waals surface area contributed by atoms with Crippen molar-refractivity contribution in [1.29, 1.82) is 0 Å². The molecule has 214 valence electrons. The van der Waals surface area contributed by atoms with Crippen LogP contribution in [0.4, 0.5) is 0 Å². The first kappa shape index (κ1) is 28.2. The molecule has 5 N–H and O–H groups in total. The van der Waals surface area contributed by atoms with Crippen LogP contribution in [0.1, 0.15) is 53.4 Å². The Balaban J connectivity index is 1.47. The molecule has 8 heteroatoms. The highest BCUT2D eigenvalue weighted by atomic mass is 16.6. The molecule has 2 aliphatic carbocycles. The smallest absolute Gasteiger partial charge is 0.335 e. The summed E-state index contributed by atoms with van der Waals surface area (Å²) in [6.07, 6.45) is 8.18. The minimum atomic E-state index is -0.822. The lowest BCUT2D eigenvalue weighted by Crippen LogP contribution is -3.16. The van der Waals surface area contributed by atoms with Gasteiger partial charge in [0.15, 0.2) is 6.10 Å². The first-order valence-electron chi connectivity index (χ1n) is 15.0. The molecule has 2 saturated heterocycles. The Hall–Kier alpha value is -1.29. The molecule has 0 amide bonds. The van der Waals surface area contributed by atoms with Gasteiger partial charge in [-0.25, -0.2) is 4.79 Å². The van der Waals surface area contributed by atoms with Crippen molar-refractivity contribution in [3.05, 3.63) is 23.8 Å². The Kier molecular flexibility index (Phi) is 8.40. The average Bonchev–Trinajstić information content (AvgIpc) is 3.09. The van der Waals surface area contributed by atoms with Crippen molar-refractivity contribution in [2.75, 3.05) is 33.3 Å². The molecule has 1 spiro atoms. The minimum absolute atomic E-state index is 0.00175. The number of aliphatic hydroxyl groups is 2. The fourth-order valence-corrected chi connectivity index (χ4v) is 8.54. The number of aliphatic hydroxyl groups excluding tert-OH is 2. The van der Waals surface area contributed by atoms with Crippen LogP contribution in [0.15, 0.2) is 23.8 Å².